The Bertz CT molecular complexity index is 429. The molecule has 0 amide bonds. The molecule has 0 aliphatic heterocycles. The van der Waals surface area contributed by atoms with Gasteiger partial charge in [0, 0.05) is 15.3 Å². The van der Waals surface area contributed by atoms with Gasteiger partial charge in [0.25, 0.3) is 6.43 Å². The van der Waals surface area contributed by atoms with E-state index < -0.39 is 12.4 Å². The molecule has 0 bridgehead atoms. The predicted molar refractivity (Wildman–Crippen MR) is 67.2 cm³/mol. The van der Waals surface area contributed by atoms with Crippen molar-refractivity contribution in [3.63, 3.8) is 0 Å². The molecule has 0 spiro atoms. The number of methoxy groups -OCH3 is 1. The fraction of sp³-hybridized carbons (Fsp3) is 0.400. The first-order valence-electron chi connectivity index (χ1n) is 4.58. The molecule has 0 unspecified atom stereocenters. The van der Waals surface area contributed by atoms with Crippen LogP contribution in [0.15, 0.2) is 6.20 Å². The molecule has 0 radical (unpaired) electrons. The zero-order valence-corrected chi connectivity index (χ0v) is 11.8. The third kappa shape index (κ3) is 3.48. The summed E-state index contributed by atoms with van der Waals surface area (Å²) in [7, 11) is 1.26. The van der Waals surface area contributed by atoms with Crippen molar-refractivity contribution in [2.75, 3.05) is 7.11 Å². The van der Waals surface area contributed by atoms with Gasteiger partial charge in [-0.2, -0.15) is 0 Å². The van der Waals surface area contributed by atoms with Crippen LogP contribution in [0.25, 0.3) is 0 Å². The van der Waals surface area contributed by atoms with Crippen LogP contribution in [-0.2, 0) is 21.8 Å². The lowest BCUT2D eigenvalue weighted by Gasteiger charge is -2.11. The molecule has 7 heteroatoms. The van der Waals surface area contributed by atoms with Crippen molar-refractivity contribution in [3.8, 4) is 0 Å². The summed E-state index contributed by atoms with van der Waals surface area (Å²) in [5, 5.41) is 0. The lowest BCUT2D eigenvalue weighted by molar-refractivity contribution is -0.139. The average Bonchev–Trinajstić information content (AvgIpc) is 2.30. The van der Waals surface area contributed by atoms with Gasteiger partial charge in [0.1, 0.15) is 5.69 Å². The van der Waals surface area contributed by atoms with Gasteiger partial charge in [-0.3, -0.25) is 9.78 Å². The maximum atomic E-state index is 12.6. The van der Waals surface area contributed by atoms with Crippen LogP contribution in [-0.4, -0.2) is 18.1 Å². The number of esters is 1. The highest BCUT2D eigenvalue weighted by Gasteiger charge is 2.20. The van der Waals surface area contributed by atoms with Crippen molar-refractivity contribution in [1.29, 1.82) is 0 Å². The van der Waals surface area contributed by atoms with Crippen LogP contribution in [0.2, 0.25) is 0 Å². The molecular formula is C10H9ClF2INO2. The third-order valence-corrected chi connectivity index (χ3v) is 3.73. The quantitative estimate of drug-likeness (QED) is 0.461. The lowest BCUT2D eigenvalue weighted by atomic mass is 10.1. The molecule has 1 rings (SSSR count). The minimum atomic E-state index is -2.68. The molecule has 0 fully saturated rings. The maximum absolute atomic E-state index is 12.6. The first-order valence-corrected chi connectivity index (χ1v) is 6.19. The second kappa shape index (κ2) is 6.44. The van der Waals surface area contributed by atoms with Crippen molar-refractivity contribution in [2.45, 2.75) is 18.7 Å². The van der Waals surface area contributed by atoms with Crippen molar-refractivity contribution >= 4 is 40.2 Å². The molecule has 0 aliphatic rings. The zero-order valence-electron chi connectivity index (χ0n) is 8.84. The molecule has 1 heterocycles. The molecular weight excluding hydrogens is 366 g/mol. The summed E-state index contributed by atoms with van der Waals surface area (Å²) < 4.78 is 30.3. The number of halogens is 4. The highest BCUT2D eigenvalue weighted by atomic mass is 127. The summed E-state index contributed by atoms with van der Waals surface area (Å²) in [6.45, 7) is 0. The topological polar surface area (TPSA) is 39.2 Å². The van der Waals surface area contributed by atoms with Crippen molar-refractivity contribution in [2.24, 2.45) is 0 Å². The number of rotatable bonds is 4. The molecule has 0 aromatic carbocycles. The van der Waals surface area contributed by atoms with E-state index in [9.17, 15) is 13.6 Å². The minimum Gasteiger partial charge on any atom is -0.469 e. The number of alkyl halides is 3. The van der Waals surface area contributed by atoms with E-state index in [1.807, 2.05) is 22.6 Å². The van der Waals surface area contributed by atoms with Gasteiger partial charge in [-0.1, -0.05) is 0 Å². The average molecular weight is 376 g/mol. The smallest absolute Gasteiger partial charge is 0.310 e. The Balaban J connectivity index is 3.15. The van der Waals surface area contributed by atoms with Crippen LogP contribution in [0.3, 0.4) is 0 Å². The molecule has 0 saturated carbocycles. The van der Waals surface area contributed by atoms with Crippen LogP contribution in [0.4, 0.5) is 8.78 Å². The second-order valence-corrected chi connectivity index (χ2v) is 4.49. The molecule has 94 valence electrons. The number of pyridine rings is 1. The fourth-order valence-electron chi connectivity index (χ4n) is 1.25. The molecule has 3 nitrogen and oxygen atoms in total. The third-order valence-electron chi connectivity index (χ3n) is 2.12. The van der Waals surface area contributed by atoms with Crippen LogP contribution >= 0.6 is 34.2 Å². The van der Waals surface area contributed by atoms with Gasteiger partial charge in [0.2, 0.25) is 0 Å². The summed E-state index contributed by atoms with van der Waals surface area (Å²) in [4.78, 5) is 14.8. The molecule has 1 aromatic heterocycles. The fourth-order valence-corrected chi connectivity index (χ4v) is 2.55. The summed E-state index contributed by atoms with van der Waals surface area (Å²) in [6, 6.07) is 0. The zero-order chi connectivity index (χ0) is 13.0. The number of ether oxygens (including phenoxy) is 1. The van der Waals surface area contributed by atoms with E-state index in [1.165, 1.54) is 13.3 Å². The Kier molecular flexibility index (Phi) is 5.51. The SMILES string of the molecule is COC(=O)Cc1cnc(C(F)F)c(CCl)c1I. The molecule has 1 aromatic rings. The summed E-state index contributed by atoms with van der Waals surface area (Å²) in [6.07, 6.45) is -1.42. The van der Waals surface area contributed by atoms with E-state index in [0.29, 0.717) is 9.13 Å². The number of carbonyl (C=O) groups is 1. The first-order chi connectivity index (χ1) is 8.01. The van der Waals surface area contributed by atoms with Gasteiger partial charge in [0.15, 0.2) is 0 Å². The normalized spacial score (nSPS) is 10.7. The van der Waals surface area contributed by atoms with Gasteiger partial charge in [0.05, 0.1) is 19.4 Å². The Morgan fingerprint density at radius 3 is 2.76 bits per heavy atom. The number of hydrogen-bond acceptors (Lipinski definition) is 3. The molecule has 0 saturated heterocycles. The van der Waals surface area contributed by atoms with E-state index in [4.69, 9.17) is 11.6 Å². The monoisotopic (exact) mass is 375 g/mol. The van der Waals surface area contributed by atoms with Gasteiger partial charge in [-0.25, -0.2) is 8.78 Å². The highest BCUT2D eigenvalue weighted by Crippen LogP contribution is 2.28. The number of hydrogen-bond donors (Lipinski definition) is 0. The first kappa shape index (κ1) is 14.6. The largest absolute Gasteiger partial charge is 0.469 e. The number of nitrogens with zero attached hydrogens (tertiary/aromatic N) is 1. The van der Waals surface area contributed by atoms with Crippen molar-refractivity contribution < 1.29 is 18.3 Å². The van der Waals surface area contributed by atoms with Crippen molar-refractivity contribution in [1.82, 2.24) is 4.98 Å². The standard InChI is InChI=1S/C10H9ClF2INO2/c1-17-7(16)2-5-4-15-9(10(12)13)6(3-11)8(5)14/h4,10H,2-3H2,1H3. The Morgan fingerprint density at radius 1 is 1.65 bits per heavy atom. The lowest BCUT2D eigenvalue weighted by Crippen LogP contribution is -2.09. The van der Waals surface area contributed by atoms with Gasteiger partial charge < -0.3 is 4.74 Å². The van der Waals surface area contributed by atoms with Crippen LogP contribution in [0.5, 0.6) is 0 Å². The van der Waals surface area contributed by atoms with E-state index >= 15 is 0 Å². The Labute approximate surface area is 116 Å². The second-order valence-electron chi connectivity index (χ2n) is 3.15. The van der Waals surface area contributed by atoms with Crippen LogP contribution in [0, 0.1) is 3.57 Å². The predicted octanol–water partition coefficient (Wildman–Crippen LogP) is 3.08. The Hall–Kier alpha value is -0.500. The van der Waals surface area contributed by atoms with E-state index in [-0.39, 0.29) is 23.6 Å². The minimum absolute atomic E-state index is 0.00478. The summed E-state index contributed by atoms with van der Waals surface area (Å²) in [5.74, 6) is -0.519. The van der Waals surface area contributed by atoms with Gasteiger partial charge >= 0.3 is 5.97 Å². The van der Waals surface area contributed by atoms with Crippen LogP contribution in [0.1, 0.15) is 23.2 Å². The molecule has 0 N–H and O–H groups in total. The van der Waals surface area contributed by atoms with E-state index in [0.717, 1.165) is 0 Å². The molecule has 17 heavy (non-hydrogen) atoms. The molecule has 0 aliphatic carbocycles. The Morgan fingerprint density at radius 2 is 2.29 bits per heavy atom. The number of carbonyl (C=O) groups excluding carboxylic acids is 1. The van der Waals surface area contributed by atoms with Crippen molar-refractivity contribution in [3.05, 3.63) is 26.6 Å². The van der Waals surface area contributed by atoms with E-state index in [2.05, 4.69) is 9.72 Å². The summed E-state index contributed by atoms with van der Waals surface area (Å²) >= 11 is 7.51. The highest BCUT2D eigenvalue weighted by molar-refractivity contribution is 14.1. The van der Waals surface area contributed by atoms with E-state index in [1.54, 1.807) is 0 Å². The molecule has 0 atom stereocenters. The van der Waals surface area contributed by atoms with Gasteiger partial charge in [-0.15, -0.1) is 11.6 Å². The number of aromatic nitrogens is 1. The van der Waals surface area contributed by atoms with Crippen LogP contribution < -0.4 is 0 Å². The maximum Gasteiger partial charge on any atom is 0.310 e. The summed E-state index contributed by atoms with van der Waals surface area (Å²) in [5.41, 5.74) is 0.471. The van der Waals surface area contributed by atoms with Gasteiger partial charge in [-0.05, 0) is 28.2 Å².